The molecule has 0 spiro atoms. The van der Waals surface area contributed by atoms with Gasteiger partial charge in [0.15, 0.2) is 5.13 Å². The van der Waals surface area contributed by atoms with Crippen molar-refractivity contribution >= 4 is 22.4 Å². The molecule has 104 valence electrons. The molecule has 0 bridgehead atoms. The smallest absolute Gasteiger partial charge is 0.251 e. The molecule has 0 radical (unpaired) electrons. The van der Waals surface area contributed by atoms with Crippen LogP contribution >= 0.6 is 11.3 Å². The first-order valence-electron chi connectivity index (χ1n) is 6.42. The average Bonchev–Trinajstić information content (AvgIpc) is 2.78. The summed E-state index contributed by atoms with van der Waals surface area (Å²) in [7, 11) is 0. The predicted octanol–water partition coefficient (Wildman–Crippen LogP) is 2.15. The molecule has 3 N–H and O–H groups in total. The molecule has 3 rings (SSSR count). The molecule has 20 heavy (non-hydrogen) atoms. The molecule has 1 aromatic carbocycles. The number of hydrogen-bond acceptors (Lipinski definition) is 4. The third-order valence-electron chi connectivity index (χ3n) is 3.38. The van der Waals surface area contributed by atoms with E-state index in [4.69, 9.17) is 5.73 Å². The zero-order valence-electron chi connectivity index (χ0n) is 10.7. The van der Waals surface area contributed by atoms with Crippen molar-refractivity contribution in [3.63, 3.8) is 0 Å². The molecule has 6 heteroatoms. The number of halogens is 1. The normalized spacial score (nSPS) is 17.6. The summed E-state index contributed by atoms with van der Waals surface area (Å²) < 4.78 is 13.1. The Kier molecular flexibility index (Phi) is 3.40. The van der Waals surface area contributed by atoms with Gasteiger partial charge in [0, 0.05) is 22.9 Å². The van der Waals surface area contributed by atoms with Crippen LogP contribution in [0, 0.1) is 5.82 Å². The number of nitrogens with zero attached hydrogens (tertiary/aromatic N) is 1. The SMILES string of the molecule is Nc1nc2c(s1)CC(NC(=O)c1cccc(F)c1)CC2. The largest absolute Gasteiger partial charge is 0.375 e. The molecule has 1 aliphatic carbocycles. The summed E-state index contributed by atoms with van der Waals surface area (Å²) in [6.07, 6.45) is 2.39. The van der Waals surface area contributed by atoms with E-state index in [-0.39, 0.29) is 11.9 Å². The number of amides is 1. The topological polar surface area (TPSA) is 68.0 Å². The average molecular weight is 291 g/mol. The molecule has 0 fully saturated rings. The van der Waals surface area contributed by atoms with Crippen molar-refractivity contribution in [3.05, 3.63) is 46.2 Å². The van der Waals surface area contributed by atoms with Crippen molar-refractivity contribution < 1.29 is 9.18 Å². The Morgan fingerprint density at radius 1 is 1.50 bits per heavy atom. The number of aryl methyl sites for hydroxylation is 1. The maximum Gasteiger partial charge on any atom is 0.251 e. The van der Waals surface area contributed by atoms with E-state index in [1.807, 2.05) is 0 Å². The van der Waals surface area contributed by atoms with E-state index in [1.165, 1.54) is 29.5 Å². The third-order valence-corrected chi connectivity index (χ3v) is 4.33. The molecule has 1 atom stereocenters. The Morgan fingerprint density at radius 2 is 2.35 bits per heavy atom. The Balaban J connectivity index is 1.69. The number of aromatic nitrogens is 1. The van der Waals surface area contributed by atoms with Crippen molar-refractivity contribution in [2.45, 2.75) is 25.3 Å². The van der Waals surface area contributed by atoms with E-state index in [9.17, 15) is 9.18 Å². The molecule has 1 aliphatic rings. The number of carbonyl (C=O) groups excluding carboxylic acids is 1. The summed E-state index contributed by atoms with van der Waals surface area (Å²) in [4.78, 5) is 17.5. The minimum Gasteiger partial charge on any atom is -0.375 e. The van der Waals surface area contributed by atoms with E-state index >= 15 is 0 Å². The lowest BCUT2D eigenvalue weighted by Crippen LogP contribution is -2.38. The van der Waals surface area contributed by atoms with Crippen LogP contribution in [0.25, 0.3) is 0 Å². The van der Waals surface area contributed by atoms with Crippen molar-refractivity contribution in [3.8, 4) is 0 Å². The highest BCUT2D eigenvalue weighted by molar-refractivity contribution is 7.15. The first-order chi connectivity index (χ1) is 9.61. The number of fused-ring (bicyclic) bond motifs is 1. The lowest BCUT2D eigenvalue weighted by Gasteiger charge is -2.22. The highest BCUT2D eigenvalue weighted by Gasteiger charge is 2.23. The summed E-state index contributed by atoms with van der Waals surface area (Å²) in [6.45, 7) is 0. The molecule has 0 aliphatic heterocycles. The van der Waals surface area contributed by atoms with Crippen LogP contribution in [-0.2, 0) is 12.8 Å². The number of nitrogen functional groups attached to an aromatic ring is 1. The summed E-state index contributed by atoms with van der Waals surface area (Å²) in [5.41, 5.74) is 7.08. The first-order valence-corrected chi connectivity index (χ1v) is 7.24. The van der Waals surface area contributed by atoms with Crippen LogP contribution in [0.5, 0.6) is 0 Å². The number of anilines is 1. The molecule has 2 aromatic rings. The van der Waals surface area contributed by atoms with Gasteiger partial charge in [0.1, 0.15) is 5.82 Å². The molecular weight excluding hydrogens is 277 g/mol. The fraction of sp³-hybridized carbons (Fsp3) is 0.286. The molecule has 1 amide bonds. The Morgan fingerprint density at radius 3 is 3.15 bits per heavy atom. The van der Waals surface area contributed by atoms with Gasteiger partial charge in [-0.25, -0.2) is 9.37 Å². The highest BCUT2D eigenvalue weighted by atomic mass is 32.1. The molecule has 1 aromatic heterocycles. The van der Waals surface area contributed by atoms with Crippen molar-refractivity contribution in [1.82, 2.24) is 10.3 Å². The van der Waals surface area contributed by atoms with Gasteiger partial charge in [-0.15, -0.1) is 11.3 Å². The minimum atomic E-state index is -0.404. The third kappa shape index (κ3) is 2.65. The number of benzene rings is 1. The number of thiazole rings is 1. The van der Waals surface area contributed by atoms with Crippen LogP contribution in [0.2, 0.25) is 0 Å². The maximum absolute atomic E-state index is 13.1. The Bertz CT molecular complexity index is 656. The zero-order chi connectivity index (χ0) is 14.1. The van der Waals surface area contributed by atoms with E-state index < -0.39 is 5.82 Å². The van der Waals surface area contributed by atoms with Gasteiger partial charge in [0.2, 0.25) is 0 Å². The van der Waals surface area contributed by atoms with Crippen LogP contribution in [0.3, 0.4) is 0 Å². The summed E-state index contributed by atoms with van der Waals surface area (Å²) >= 11 is 1.47. The zero-order valence-corrected chi connectivity index (χ0v) is 11.5. The van der Waals surface area contributed by atoms with Crippen molar-refractivity contribution in [2.75, 3.05) is 5.73 Å². The monoisotopic (exact) mass is 291 g/mol. The number of nitrogens with one attached hydrogen (secondary N) is 1. The lowest BCUT2D eigenvalue weighted by atomic mass is 9.97. The van der Waals surface area contributed by atoms with Gasteiger partial charge in [0.25, 0.3) is 5.91 Å². The predicted molar refractivity (Wildman–Crippen MR) is 76.2 cm³/mol. The first kappa shape index (κ1) is 13.1. The standard InChI is InChI=1S/C14H14FN3OS/c15-9-3-1-2-8(6-9)13(19)17-10-4-5-11-12(7-10)20-14(16)18-11/h1-3,6,10H,4-5,7H2,(H2,16,18)(H,17,19). The van der Waals surface area contributed by atoms with Crippen LogP contribution in [0.1, 0.15) is 27.3 Å². The second kappa shape index (κ2) is 5.20. The van der Waals surface area contributed by atoms with Crippen molar-refractivity contribution in [2.24, 2.45) is 0 Å². The van der Waals surface area contributed by atoms with Gasteiger partial charge in [-0.1, -0.05) is 6.07 Å². The summed E-state index contributed by atoms with van der Waals surface area (Å²) in [6, 6.07) is 5.76. The molecule has 0 saturated carbocycles. The molecule has 0 saturated heterocycles. The molecule has 1 heterocycles. The van der Waals surface area contributed by atoms with E-state index in [2.05, 4.69) is 10.3 Å². The summed E-state index contributed by atoms with van der Waals surface area (Å²) in [5.74, 6) is -0.644. The van der Waals surface area contributed by atoms with Crippen LogP contribution in [0.4, 0.5) is 9.52 Å². The molecular formula is C14H14FN3OS. The second-order valence-corrected chi connectivity index (χ2v) is 5.96. The second-order valence-electron chi connectivity index (χ2n) is 4.85. The Labute approximate surface area is 119 Å². The minimum absolute atomic E-state index is 0.0538. The van der Waals surface area contributed by atoms with Crippen LogP contribution in [-0.4, -0.2) is 16.9 Å². The van der Waals surface area contributed by atoms with Gasteiger partial charge in [-0.2, -0.15) is 0 Å². The highest BCUT2D eigenvalue weighted by Crippen LogP contribution is 2.28. The summed E-state index contributed by atoms with van der Waals surface area (Å²) in [5, 5.41) is 3.52. The van der Waals surface area contributed by atoms with Gasteiger partial charge in [0.05, 0.1) is 5.69 Å². The molecule has 1 unspecified atom stereocenters. The van der Waals surface area contributed by atoms with Crippen LogP contribution < -0.4 is 11.1 Å². The molecule has 4 nitrogen and oxygen atoms in total. The number of rotatable bonds is 2. The van der Waals surface area contributed by atoms with E-state index in [0.29, 0.717) is 10.7 Å². The van der Waals surface area contributed by atoms with E-state index in [0.717, 1.165) is 29.8 Å². The Hall–Kier alpha value is -1.95. The van der Waals surface area contributed by atoms with Gasteiger partial charge in [-0.05, 0) is 31.0 Å². The van der Waals surface area contributed by atoms with E-state index in [1.54, 1.807) is 6.07 Å². The maximum atomic E-state index is 13.1. The number of hydrogen-bond donors (Lipinski definition) is 2. The fourth-order valence-electron chi connectivity index (χ4n) is 2.42. The van der Waals surface area contributed by atoms with Gasteiger partial charge >= 0.3 is 0 Å². The quantitative estimate of drug-likeness (QED) is 0.891. The lowest BCUT2D eigenvalue weighted by molar-refractivity contribution is 0.0933. The fourth-order valence-corrected chi connectivity index (χ4v) is 3.37. The number of nitrogens with two attached hydrogens (primary N) is 1. The van der Waals surface area contributed by atoms with Gasteiger partial charge in [-0.3, -0.25) is 4.79 Å². The number of carbonyl (C=O) groups is 1. The van der Waals surface area contributed by atoms with Gasteiger partial charge < -0.3 is 11.1 Å². The van der Waals surface area contributed by atoms with Crippen LogP contribution in [0.15, 0.2) is 24.3 Å². The van der Waals surface area contributed by atoms with Crippen molar-refractivity contribution in [1.29, 1.82) is 0 Å².